The molecule has 2 unspecified atom stereocenters. The molecule has 0 saturated heterocycles. The molecule has 6 heteroatoms. The highest BCUT2D eigenvalue weighted by atomic mass is 16.3. The number of furan rings is 1. The van der Waals surface area contributed by atoms with Crippen LogP contribution in [-0.4, -0.2) is 27.5 Å². The molecule has 3 aliphatic rings. The summed E-state index contributed by atoms with van der Waals surface area (Å²) in [4.78, 5) is 24.4. The van der Waals surface area contributed by atoms with Crippen LogP contribution < -0.4 is 5.73 Å². The molecule has 1 heterocycles. The Morgan fingerprint density at radius 2 is 2.10 bits per heavy atom. The van der Waals surface area contributed by atoms with Crippen molar-refractivity contribution >= 4 is 11.7 Å². The zero-order valence-corrected chi connectivity index (χ0v) is 16.2. The topological polar surface area (TPSA) is 114 Å². The Bertz CT molecular complexity index is 997. The summed E-state index contributed by atoms with van der Waals surface area (Å²) in [5, 5.41) is 23.1. The highest BCUT2D eigenvalue weighted by Crippen LogP contribution is 2.64. The molecule has 4 atom stereocenters. The van der Waals surface area contributed by atoms with E-state index >= 15 is 0 Å². The zero-order valence-electron chi connectivity index (χ0n) is 16.2. The number of nitrogens with two attached hydrogens (primary N) is 1. The van der Waals surface area contributed by atoms with E-state index in [1.165, 1.54) is 0 Å². The van der Waals surface area contributed by atoms with Crippen molar-refractivity contribution in [3.8, 4) is 5.75 Å². The molecule has 29 heavy (non-hydrogen) atoms. The van der Waals surface area contributed by atoms with E-state index < -0.39 is 16.9 Å². The van der Waals surface area contributed by atoms with E-state index in [9.17, 15) is 19.8 Å². The number of carbonyl (C=O) groups excluding carboxylic acids is 2. The van der Waals surface area contributed by atoms with E-state index in [-0.39, 0.29) is 35.4 Å². The Labute approximate surface area is 168 Å². The minimum atomic E-state index is -1.10. The number of amides is 1. The standard InChI is InChI=1S/C23H25NO5/c24-21(27)17-4-3-14-11-18-13(10-16-2-1-9-29-16)5-7-22(19(14)20(17)26)12-15(25)6-8-23(18,22)28/h1-4,9,13,18,26,28H,5-8,10-12H2,(H2,24,27)/t13?,18-,22?,23+/m0/s1. The average Bonchev–Trinajstić information content (AvgIpc) is 3.17. The molecule has 1 amide bonds. The van der Waals surface area contributed by atoms with Crippen molar-refractivity contribution in [2.24, 2.45) is 17.6 Å². The first kappa shape index (κ1) is 18.4. The van der Waals surface area contributed by atoms with Crippen molar-refractivity contribution in [3.05, 3.63) is 53.0 Å². The zero-order chi connectivity index (χ0) is 20.4. The van der Waals surface area contributed by atoms with E-state index in [0.29, 0.717) is 31.2 Å². The first-order valence-electron chi connectivity index (χ1n) is 10.3. The van der Waals surface area contributed by atoms with Crippen LogP contribution in [0.4, 0.5) is 0 Å². The van der Waals surface area contributed by atoms with Crippen LogP contribution >= 0.6 is 0 Å². The molecule has 2 saturated carbocycles. The van der Waals surface area contributed by atoms with Gasteiger partial charge in [-0.2, -0.15) is 0 Å². The highest BCUT2D eigenvalue weighted by Gasteiger charge is 2.65. The molecule has 2 fully saturated rings. The molecule has 4 N–H and O–H groups in total. The summed E-state index contributed by atoms with van der Waals surface area (Å²) in [6.07, 6.45) is 5.32. The SMILES string of the molecule is NC(=O)c1ccc2c(c1O)C13CCC(Cc4ccco4)[C@H](C2)[C@]1(O)CCC(=O)C3. The number of Topliss-reactive ketones (excluding diaryl/α,β-unsaturated/α-hetero) is 1. The number of ketones is 1. The van der Waals surface area contributed by atoms with Gasteiger partial charge in [-0.1, -0.05) is 6.07 Å². The van der Waals surface area contributed by atoms with Gasteiger partial charge in [0.15, 0.2) is 0 Å². The van der Waals surface area contributed by atoms with Crippen LogP contribution in [0.15, 0.2) is 34.9 Å². The van der Waals surface area contributed by atoms with Crippen molar-refractivity contribution in [1.29, 1.82) is 0 Å². The van der Waals surface area contributed by atoms with Crippen LogP contribution in [0.1, 0.15) is 59.3 Å². The Kier molecular flexibility index (Phi) is 3.94. The third kappa shape index (κ3) is 2.45. The van der Waals surface area contributed by atoms with Gasteiger partial charge in [0.05, 0.1) is 17.4 Å². The summed E-state index contributed by atoms with van der Waals surface area (Å²) in [5.74, 6) is 0.303. The number of aliphatic hydroxyl groups is 1. The van der Waals surface area contributed by atoms with Crippen molar-refractivity contribution in [3.63, 3.8) is 0 Å². The van der Waals surface area contributed by atoms with E-state index in [1.54, 1.807) is 12.3 Å². The summed E-state index contributed by atoms with van der Waals surface area (Å²) in [6, 6.07) is 7.21. The number of hydrogen-bond donors (Lipinski definition) is 3. The van der Waals surface area contributed by atoms with Gasteiger partial charge in [0, 0.05) is 30.2 Å². The van der Waals surface area contributed by atoms with Gasteiger partial charge >= 0.3 is 0 Å². The summed E-state index contributed by atoms with van der Waals surface area (Å²) < 4.78 is 5.56. The van der Waals surface area contributed by atoms with Crippen LogP contribution in [0.25, 0.3) is 0 Å². The van der Waals surface area contributed by atoms with Gasteiger partial charge in [-0.05, 0) is 61.3 Å². The van der Waals surface area contributed by atoms with E-state index in [4.69, 9.17) is 10.2 Å². The molecule has 3 aliphatic carbocycles. The Morgan fingerprint density at radius 1 is 1.28 bits per heavy atom. The summed E-state index contributed by atoms with van der Waals surface area (Å²) in [6.45, 7) is 0. The van der Waals surface area contributed by atoms with E-state index in [0.717, 1.165) is 24.2 Å². The molecule has 5 rings (SSSR count). The predicted octanol–water partition coefficient (Wildman–Crippen LogP) is 2.63. The normalized spacial score (nSPS) is 33.1. The number of primary amides is 1. The van der Waals surface area contributed by atoms with E-state index in [2.05, 4.69) is 0 Å². The lowest BCUT2D eigenvalue weighted by Crippen LogP contribution is -2.67. The minimum Gasteiger partial charge on any atom is -0.507 e. The fourth-order valence-corrected chi connectivity index (χ4v) is 6.48. The molecule has 6 nitrogen and oxygen atoms in total. The van der Waals surface area contributed by atoms with Gasteiger partial charge in [0.1, 0.15) is 17.3 Å². The molecular formula is C23H25NO5. The largest absolute Gasteiger partial charge is 0.507 e. The maximum atomic E-state index is 12.5. The Balaban J connectivity index is 1.67. The number of fused-ring (bicyclic) bond motifs is 1. The van der Waals surface area contributed by atoms with Gasteiger partial charge in [-0.25, -0.2) is 0 Å². The van der Waals surface area contributed by atoms with Gasteiger partial charge in [0.25, 0.3) is 5.91 Å². The number of carbonyl (C=O) groups is 2. The maximum Gasteiger partial charge on any atom is 0.252 e. The second kappa shape index (κ2) is 6.20. The van der Waals surface area contributed by atoms with Gasteiger partial charge in [0.2, 0.25) is 0 Å². The number of aromatic hydroxyl groups is 1. The smallest absolute Gasteiger partial charge is 0.252 e. The third-order valence-electron chi connectivity index (χ3n) is 7.73. The molecule has 2 aromatic rings. The number of phenols is 1. The molecular weight excluding hydrogens is 370 g/mol. The van der Waals surface area contributed by atoms with Gasteiger partial charge in [-0.3, -0.25) is 9.59 Å². The van der Waals surface area contributed by atoms with Gasteiger partial charge in [-0.15, -0.1) is 0 Å². The van der Waals surface area contributed by atoms with Crippen LogP contribution in [-0.2, 0) is 23.1 Å². The second-order valence-corrected chi connectivity index (χ2v) is 8.97. The van der Waals surface area contributed by atoms with Crippen LogP contribution in [0.5, 0.6) is 5.75 Å². The highest BCUT2D eigenvalue weighted by molar-refractivity contribution is 5.96. The monoisotopic (exact) mass is 395 g/mol. The lowest BCUT2D eigenvalue weighted by atomic mass is 9.43. The lowest BCUT2D eigenvalue weighted by molar-refractivity contribution is -0.172. The molecule has 152 valence electrons. The van der Waals surface area contributed by atoms with E-state index in [1.807, 2.05) is 18.2 Å². The quantitative estimate of drug-likeness (QED) is 0.739. The molecule has 1 aromatic carbocycles. The molecule has 1 aromatic heterocycles. The summed E-state index contributed by atoms with van der Waals surface area (Å²) in [5.41, 5.74) is 5.02. The fourth-order valence-electron chi connectivity index (χ4n) is 6.48. The first-order valence-corrected chi connectivity index (χ1v) is 10.3. The first-order chi connectivity index (χ1) is 13.9. The molecule has 2 bridgehead atoms. The Morgan fingerprint density at radius 3 is 2.83 bits per heavy atom. The lowest BCUT2D eigenvalue weighted by Gasteiger charge is -2.62. The Hall–Kier alpha value is -2.60. The molecule has 0 radical (unpaired) electrons. The average molecular weight is 395 g/mol. The van der Waals surface area contributed by atoms with Crippen LogP contribution in [0.3, 0.4) is 0 Å². The van der Waals surface area contributed by atoms with Crippen LogP contribution in [0, 0.1) is 11.8 Å². The number of hydrogen-bond acceptors (Lipinski definition) is 5. The number of rotatable bonds is 3. The number of benzene rings is 1. The van der Waals surface area contributed by atoms with Crippen molar-refractivity contribution < 1.29 is 24.2 Å². The van der Waals surface area contributed by atoms with Crippen molar-refractivity contribution in [1.82, 2.24) is 0 Å². The third-order valence-corrected chi connectivity index (χ3v) is 7.73. The van der Waals surface area contributed by atoms with Crippen LogP contribution in [0.2, 0.25) is 0 Å². The summed E-state index contributed by atoms with van der Waals surface area (Å²) >= 11 is 0. The fraction of sp³-hybridized carbons (Fsp3) is 0.478. The molecule has 0 spiro atoms. The predicted molar refractivity (Wildman–Crippen MR) is 104 cm³/mol. The summed E-state index contributed by atoms with van der Waals surface area (Å²) in [7, 11) is 0. The minimum absolute atomic E-state index is 0.0409. The maximum absolute atomic E-state index is 12.5. The second-order valence-electron chi connectivity index (χ2n) is 8.97. The van der Waals surface area contributed by atoms with Crippen molar-refractivity contribution in [2.45, 2.75) is 56.0 Å². The van der Waals surface area contributed by atoms with Crippen molar-refractivity contribution in [2.75, 3.05) is 0 Å². The van der Waals surface area contributed by atoms with Gasteiger partial charge < -0.3 is 20.4 Å². The molecule has 0 aliphatic heterocycles.